The summed E-state index contributed by atoms with van der Waals surface area (Å²) >= 11 is 0. The number of hydrogen-bond acceptors (Lipinski definition) is 4. The molecule has 0 radical (unpaired) electrons. The molecule has 1 saturated heterocycles. The van der Waals surface area contributed by atoms with Crippen LogP contribution in [-0.2, 0) is 4.74 Å². The van der Waals surface area contributed by atoms with Gasteiger partial charge in [-0.2, -0.15) is 0 Å². The van der Waals surface area contributed by atoms with Crippen LogP contribution < -0.4 is 11.1 Å². The highest BCUT2D eigenvalue weighted by molar-refractivity contribution is 5.40. The highest BCUT2D eigenvalue weighted by atomic mass is 16.5. The van der Waals surface area contributed by atoms with Gasteiger partial charge in [-0.05, 0) is 37.5 Å². The first-order valence-electron chi connectivity index (χ1n) is 5.73. The Hall–Kier alpha value is -1.13. The number of nitrogens with two attached hydrogens (primary N) is 1. The summed E-state index contributed by atoms with van der Waals surface area (Å²) in [6.07, 6.45) is 3.71. The fourth-order valence-electron chi connectivity index (χ4n) is 2.02. The van der Waals surface area contributed by atoms with Gasteiger partial charge in [-0.25, -0.2) is 4.98 Å². The van der Waals surface area contributed by atoms with Crippen LogP contribution in [0.15, 0.2) is 18.3 Å². The van der Waals surface area contributed by atoms with Crippen molar-refractivity contribution < 1.29 is 4.74 Å². The first-order chi connectivity index (χ1) is 7.74. The van der Waals surface area contributed by atoms with Gasteiger partial charge in [0, 0.05) is 26.0 Å². The predicted octanol–water partition coefficient (Wildman–Crippen LogP) is 1.31. The van der Waals surface area contributed by atoms with Crippen LogP contribution in [0.1, 0.15) is 18.4 Å². The van der Waals surface area contributed by atoms with E-state index in [0.29, 0.717) is 6.54 Å². The van der Waals surface area contributed by atoms with E-state index in [-0.39, 0.29) is 5.54 Å². The average molecular weight is 221 g/mol. The standard InChI is InChI=1S/C12H19N3O/c1-10-2-5-14-11(8-10)15-12(9-13)3-6-16-7-4-12/h2,5,8H,3-4,6-7,9,13H2,1H3,(H,14,15). The lowest BCUT2D eigenvalue weighted by molar-refractivity contribution is 0.0627. The molecule has 0 saturated carbocycles. The van der Waals surface area contributed by atoms with E-state index < -0.39 is 0 Å². The maximum Gasteiger partial charge on any atom is 0.126 e. The third-order valence-electron chi connectivity index (χ3n) is 3.15. The topological polar surface area (TPSA) is 60.2 Å². The maximum atomic E-state index is 5.88. The van der Waals surface area contributed by atoms with Gasteiger partial charge in [0.2, 0.25) is 0 Å². The first kappa shape index (κ1) is 11.4. The lowest BCUT2D eigenvalue weighted by Gasteiger charge is -2.37. The minimum Gasteiger partial charge on any atom is -0.381 e. The molecule has 4 nitrogen and oxygen atoms in total. The van der Waals surface area contributed by atoms with Crippen molar-refractivity contribution in [1.29, 1.82) is 0 Å². The Morgan fingerprint density at radius 1 is 1.50 bits per heavy atom. The normalized spacial score (nSPS) is 19.4. The monoisotopic (exact) mass is 221 g/mol. The Balaban J connectivity index is 2.11. The molecule has 1 aliphatic heterocycles. The number of pyridine rings is 1. The van der Waals surface area contributed by atoms with Crippen LogP contribution >= 0.6 is 0 Å². The van der Waals surface area contributed by atoms with Gasteiger partial charge in [-0.3, -0.25) is 0 Å². The van der Waals surface area contributed by atoms with Crippen molar-refractivity contribution in [2.24, 2.45) is 5.73 Å². The number of aromatic nitrogens is 1. The molecule has 3 N–H and O–H groups in total. The molecular weight excluding hydrogens is 202 g/mol. The van der Waals surface area contributed by atoms with E-state index in [0.717, 1.165) is 31.9 Å². The van der Waals surface area contributed by atoms with Crippen molar-refractivity contribution in [3.8, 4) is 0 Å². The number of nitrogens with zero attached hydrogens (tertiary/aromatic N) is 1. The van der Waals surface area contributed by atoms with Crippen molar-refractivity contribution in [3.05, 3.63) is 23.9 Å². The Labute approximate surface area is 96.2 Å². The molecule has 16 heavy (non-hydrogen) atoms. The average Bonchev–Trinajstić information content (AvgIpc) is 2.30. The summed E-state index contributed by atoms with van der Waals surface area (Å²) in [5.41, 5.74) is 7.04. The van der Waals surface area contributed by atoms with E-state index in [4.69, 9.17) is 10.5 Å². The number of anilines is 1. The Morgan fingerprint density at radius 3 is 2.88 bits per heavy atom. The number of aryl methyl sites for hydroxylation is 1. The molecule has 0 aliphatic carbocycles. The molecule has 1 aromatic rings. The van der Waals surface area contributed by atoms with Crippen molar-refractivity contribution in [2.75, 3.05) is 25.1 Å². The zero-order chi connectivity index (χ0) is 11.4. The van der Waals surface area contributed by atoms with E-state index in [1.54, 1.807) is 0 Å². The quantitative estimate of drug-likeness (QED) is 0.808. The molecule has 0 spiro atoms. The van der Waals surface area contributed by atoms with Crippen LogP contribution in [0.3, 0.4) is 0 Å². The molecule has 0 bridgehead atoms. The first-order valence-corrected chi connectivity index (χ1v) is 5.73. The second-order valence-corrected chi connectivity index (χ2v) is 4.44. The highest BCUT2D eigenvalue weighted by Gasteiger charge is 2.31. The zero-order valence-corrected chi connectivity index (χ0v) is 9.70. The summed E-state index contributed by atoms with van der Waals surface area (Å²) < 4.78 is 5.37. The van der Waals surface area contributed by atoms with Crippen molar-refractivity contribution in [1.82, 2.24) is 4.98 Å². The van der Waals surface area contributed by atoms with E-state index >= 15 is 0 Å². The summed E-state index contributed by atoms with van der Waals surface area (Å²) in [6, 6.07) is 4.04. The van der Waals surface area contributed by atoms with Gasteiger partial charge in [0.25, 0.3) is 0 Å². The van der Waals surface area contributed by atoms with Gasteiger partial charge in [-0.15, -0.1) is 0 Å². The number of rotatable bonds is 3. The van der Waals surface area contributed by atoms with Crippen LogP contribution in [0.2, 0.25) is 0 Å². The number of hydrogen-bond donors (Lipinski definition) is 2. The summed E-state index contributed by atoms with van der Waals surface area (Å²) in [4.78, 5) is 4.32. The number of ether oxygens (including phenoxy) is 1. The van der Waals surface area contributed by atoms with Crippen LogP contribution in [0.4, 0.5) is 5.82 Å². The lowest BCUT2D eigenvalue weighted by atomic mass is 9.90. The molecule has 0 amide bonds. The third-order valence-corrected chi connectivity index (χ3v) is 3.15. The van der Waals surface area contributed by atoms with Gasteiger partial charge in [0.1, 0.15) is 5.82 Å². The van der Waals surface area contributed by atoms with E-state index in [2.05, 4.69) is 17.2 Å². The molecule has 0 atom stereocenters. The molecule has 2 rings (SSSR count). The second kappa shape index (κ2) is 4.80. The van der Waals surface area contributed by atoms with Crippen molar-refractivity contribution in [3.63, 3.8) is 0 Å². The lowest BCUT2D eigenvalue weighted by Crippen LogP contribution is -2.49. The smallest absolute Gasteiger partial charge is 0.126 e. The van der Waals surface area contributed by atoms with Crippen molar-refractivity contribution in [2.45, 2.75) is 25.3 Å². The van der Waals surface area contributed by atoms with E-state index in [1.165, 1.54) is 5.56 Å². The van der Waals surface area contributed by atoms with Gasteiger partial charge in [-0.1, -0.05) is 0 Å². The summed E-state index contributed by atoms with van der Waals surface area (Å²) in [7, 11) is 0. The molecule has 2 heterocycles. The molecular formula is C12H19N3O. The van der Waals surface area contributed by atoms with Gasteiger partial charge in [0.05, 0.1) is 5.54 Å². The Morgan fingerprint density at radius 2 is 2.25 bits per heavy atom. The molecule has 88 valence electrons. The van der Waals surface area contributed by atoms with Crippen molar-refractivity contribution >= 4 is 5.82 Å². The van der Waals surface area contributed by atoms with Crippen LogP contribution in [-0.4, -0.2) is 30.3 Å². The molecule has 0 aromatic carbocycles. The highest BCUT2D eigenvalue weighted by Crippen LogP contribution is 2.24. The molecule has 0 unspecified atom stereocenters. The fraction of sp³-hybridized carbons (Fsp3) is 0.583. The fourth-order valence-corrected chi connectivity index (χ4v) is 2.02. The Bertz CT molecular complexity index is 348. The summed E-state index contributed by atoms with van der Waals surface area (Å²) in [6.45, 7) is 4.23. The van der Waals surface area contributed by atoms with E-state index in [1.807, 2.05) is 18.3 Å². The minimum absolute atomic E-state index is 0.0426. The van der Waals surface area contributed by atoms with Gasteiger partial charge >= 0.3 is 0 Å². The van der Waals surface area contributed by atoms with Gasteiger partial charge in [0.15, 0.2) is 0 Å². The molecule has 1 fully saturated rings. The van der Waals surface area contributed by atoms with Gasteiger partial charge < -0.3 is 15.8 Å². The van der Waals surface area contributed by atoms with E-state index in [9.17, 15) is 0 Å². The zero-order valence-electron chi connectivity index (χ0n) is 9.70. The van der Waals surface area contributed by atoms with Crippen LogP contribution in [0, 0.1) is 6.92 Å². The second-order valence-electron chi connectivity index (χ2n) is 4.44. The minimum atomic E-state index is -0.0426. The predicted molar refractivity (Wildman–Crippen MR) is 64.4 cm³/mol. The number of nitrogens with one attached hydrogen (secondary N) is 1. The molecule has 4 heteroatoms. The van der Waals surface area contributed by atoms with Crippen LogP contribution in [0.25, 0.3) is 0 Å². The summed E-state index contributed by atoms with van der Waals surface area (Å²) in [5.74, 6) is 0.910. The molecule has 1 aromatic heterocycles. The SMILES string of the molecule is Cc1ccnc(NC2(CN)CCOCC2)c1. The maximum absolute atomic E-state index is 5.88. The molecule has 1 aliphatic rings. The van der Waals surface area contributed by atoms with Crippen LogP contribution in [0.5, 0.6) is 0 Å². The Kier molecular flexibility index (Phi) is 3.41. The largest absolute Gasteiger partial charge is 0.381 e. The third kappa shape index (κ3) is 2.51. The summed E-state index contributed by atoms with van der Waals surface area (Å²) in [5, 5.41) is 3.47.